The van der Waals surface area contributed by atoms with Crippen LogP contribution in [0.4, 0.5) is 0 Å². The molecule has 2 aromatic rings. The maximum atomic E-state index is 13.8. The molecule has 5 amide bonds. The number of guanidine groups is 1. The van der Waals surface area contributed by atoms with Crippen LogP contribution < -0.4 is 43.4 Å². The summed E-state index contributed by atoms with van der Waals surface area (Å²) in [6.45, 7) is 1.16. The zero-order valence-corrected chi connectivity index (χ0v) is 28.4. The number of carbonyl (C=O) groups excluding carboxylic acids is 5. The number of carboxylic acid groups (broad SMARTS) is 2. The molecule has 14 N–H and O–H groups in total. The average Bonchev–Trinajstić information content (AvgIpc) is 3.09. The zero-order chi connectivity index (χ0) is 38.8. The van der Waals surface area contributed by atoms with Crippen molar-refractivity contribution in [3.05, 3.63) is 65.7 Å². The molecule has 0 heterocycles. The van der Waals surface area contributed by atoms with Gasteiger partial charge in [-0.3, -0.25) is 34.2 Å². The molecule has 0 spiro atoms. The van der Waals surface area contributed by atoms with E-state index < -0.39 is 84.6 Å². The van der Waals surface area contributed by atoms with Gasteiger partial charge in [-0.2, -0.15) is 0 Å². The lowest BCUT2D eigenvalue weighted by molar-refractivity contribution is -0.147. The Morgan fingerprint density at radius 3 is 1.75 bits per heavy atom. The van der Waals surface area contributed by atoms with Gasteiger partial charge >= 0.3 is 11.9 Å². The SMILES string of the molecule is C[C@H](NC(=O)[C@H](CCCNC(=N)N)NC(=O)CN)C(=O)N[C@@H](Cc1ccc(O)cc1)C(=O)N[C@@H](Cc1ccccc1)C(=O)N[C@@H](CC(=O)O)C(=O)O. The van der Waals surface area contributed by atoms with Crippen LogP contribution in [0, 0.1) is 5.41 Å². The standard InChI is InChI=1S/C33H45N9O10/c1-18(38-29(48)22(39-26(44)17-34)8-5-13-37-33(35)36)28(47)40-23(15-20-9-11-21(43)12-10-20)30(49)41-24(14-19-6-3-2-4-7-19)31(50)42-25(32(51)52)16-27(45)46/h2-4,6-7,9-12,18,22-25,43H,5,8,13-17,34H2,1H3,(H,38,48)(H,39,44)(H,40,47)(H,41,49)(H,42,50)(H,45,46)(H,51,52)(H4,35,36,37)/t18-,22-,23-,24-,25-/m0/s1. The summed E-state index contributed by atoms with van der Waals surface area (Å²) in [5, 5.41) is 50.3. The molecule has 0 aliphatic rings. The molecule has 0 saturated carbocycles. The molecule has 282 valence electrons. The van der Waals surface area contributed by atoms with Gasteiger partial charge in [-0.15, -0.1) is 0 Å². The smallest absolute Gasteiger partial charge is 0.326 e. The van der Waals surface area contributed by atoms with Gasteiger partial charge in [0.15, 0.2) is 5.96 Å². The molecule has 0 saturated heterocycles. The normalized spacial score (nSPS) is 13.5. The minimum absolute atomic E-state index is 0.0626. The molecule has 2 aromatic carbocycles. The van der Waals surface area contributed by atoms with Crippen molar-refractivity contribution >= 4 is 47.4 Å². The Morgan fingerprint density at radius 1 is 0.712 bits per heavy atom. The number of amides is 5. The Hall–Kier alpha value is -6.24. The Kier molecular flexibility index (Phi) is 17.0. The summed E-state index contributed by atoms with van der Waals surface area (Å²) in [6, 6.07) is 7.10. The van der Waals surface area contributed by atoms with Gasteiger partial charge in [0.05, 0.1) is 13.0 Å². The third-order valence-corrected chi connectivity index (χ3v) is 7.49. The van der Waals surface area contributed by atoms with Crippen molar-refractivity contribution in [3.63, 3.8) is 0 Å². The number of hydrogen-bond donors (Lipinski definition) is 12. The molecule has 0 bridgehead atoms. The van der Waals surface area contributed by atoms with Crippen LogP contribution in [0.5, 0.6) is 5.75 Å². The lowest BCUT2D eigenvalue weighted by Crippen LogP contribution is -2.59. The van der Waals surface area contributed by atoms with Crippen molar-refractivity contribution in [1.29, 1.82) is 5.41 Å². The van der Waals surface area contributed by atoms with E-state index in [9.17, 15) is 43.8 Å². The Labute approximate surface area is 298 Å². The number of benzene rings is 2. The van der Waals surface area contributed by atoms with E-state index in [-0.39, 0.29) is 37.5 Å². The van der Waals surface area contributed by atoms with Gasteiger partial charge in [0.1, 0.15) is 36.0 Å². The number of hydrogen-bond acceptors (Lipinski definition) is 10. The van der Waals surface area contributed by atoms with Crippen molar-refractivity contribution < 1.29 is 48.9 Å². The molecule has 5 atom stereocenters. The number of nitrogens with two attached hydrogens (primary N) is 2. The molecule has 0 fully saturated rings. The summed E-state index contributed by atoms with van der Waals surface area (Å²) in [7, 11) is 0. The third kappa shape index (κ3) is 15.1. The minimum atomic E-state index is -1.80. The molecular formula is C33H45N9O10. The molecule has 2 rings (SSSR count). The van der Waals surface area contributed by atoms with Crippen LogP contribution in [0.2, 0.25) is 0 Å². The van der Waals surface area contributed by atoms with Gasteiger partial charge in [0, 0.05) is 19.4 Å². The van der Waals surface area contributed by atoms with E-state index in [1.54, 1.807) is 30.3 Å². The summed E-state index contributed by atoms with van der Waals surface area (Å²) >= 11 is 0. The second kappa shape index (κ2) is 21.1. The highest BCUT2D eigenvalue weighted by Crippen LogP contribution is 2.13. The highest BCUT2D eigenvalue weighted by Gasteiger charge is 2.32. The maximum absolute atomic E-state index is 13.8. The van der Waals surface area contributed by atoms with E-state index in [0.717, 1.165) is 0 Å². The lowest BCUT2D eigenvalue weighted by atomic mass is 10.0. The predicted octanol–water partition coefficient (Wildman–Crippen LogP) is -2.60. The third-order valence-electron chi connectivity index (χ3n) is 7.49. The van der Waals surface area contributed by atoms with Crippen LogP contribution in [-0.4, -0.2) is 106 Å². The fraction of sp³-hybridized carbons (Fsp3) is 0.394. The van der Waals surface area contributed by atoms with Crippen LogP contribution in [0.15, 0.2) is 54.6 Å². The highest BCUT2D eigenvalue weighted by molar-refractivity contribution is 5.96. The van der Waals surface area contributed by atoms with Gasteiger partial charge in [-0.1, -0.05) is 42.5 Å². The maximum Gasteiger partial charge on any atom is 0.326 e. The molecule has 0 aliphatic heterocycles. The van der Waals surface area contributed by atoms with Crippen molar-refractivity contribution in [1.82, 2.24) is 31.9 Å². The monoisotopic (exact) mass is 727 g/mol. The van der Waals surface area contributed by atoms with Crippen molar-refractivity contribution in [2.45, 2.75) is 69.2 Å². The van der Waals surface area contributed by atoms with Crippen LogP contribution in [0.3, 0.4) is 0 Å². The Bertz CT molecular complexity index is 1570. The Balaban J connectivity index is 2.31. The zero-order valence-electron chi connectivity index (χ0n) is 28.4. The van der Waals surface area contributed by atoms with Crippen LogP contribution in [-0.2, 0) is 46.4 Å². The van der Waals surface area contributed by atoms with Gasteiger partial charge in [-0.05, 0) is 43.0 Å². The quantitative estimate of drug-likeness (QED) is 0.0357. The van der Waals surface area contributed by atoms with E-state index in [4.69, 9.17) is 22.0 Å². The Morgan fingerprint density at radius 2 is 1.23 bits per heavy atom. The molecule has 52 heavy (non-hydrogen) atoms. The fourth-order valence-corrected chi connectivity index (χ4v) is 4.78. The highest BCUT2D eigenvalue weighted by atomic mass is 16.4. The van der Waals surface area contributed by atoms with Crippen LogP contribution >= 0.6 is 0 Å². The van der Waals surface area contributed by atoms with Crippen LogP contribution in [0.25, 0.3) is 0 Å². The molecule has 19 nitrogen and oxygen atoms in total. The van der Waals surface area contributed by atoms with Gasteiger partial charge in [0.2, 0.25) is 29.5 Å². The second-order valence-electron chi connectivity index (χ2n) is 11.7. The largest absolute Gasteiger partial charge is 0.508 e. The average molecular weight is 728 g/mol. The number of nitrogens with one attached hydrogen (secondary N) is 7. The first-order chi connectivity index (χ1) is 24.6. The van der Waals surface area contributed by atoms with Crippen molar-refractivity contribution in [2.75, 3.05) is 13.1 Å². The van der Waals surface area contributed by atoms with Gasteiger partial charge in [-0.25, -0.2) is 4.79 Å². The second-order valence-corrected chi connectivity index (χ2v) is 11.7. The van der Waals surface area contributed by atoms with E-state index in [1.165, 1.54) is 31.2 Å². The lowest BCUT2D eigenvalue weighted by Gasteiger charge is -2.26. The van der Waals surface area contributed by atoms with E-state index in [2.05, 4.69) is 31.9 Å². The molecule has 19 heteroatoms. The number of rotatable bonds is 21. The number of aromatic hydroxyl groups is 1. The summed E-state index contributed by atoms with van der Waals surface area (Å²) in [4.78, 5) is 88.5. The molecule has 0 aliphatic carbocycles. The number of aliphatic carboxylic acids is 2. The van der Waals surface area contributed by atoms with Crippen LogP contribution in [0.1, 0.15) is 37.3 Å². The van der Waals surface area contributed by atoms with E-state index in [0.29, 0.717) is 17.5 Å². The first-order valence-corrected chi connectivity index (χ1v) is 16.1. The van der Waals surface area contributed by atoms with E-state index >= 15 is 0 Å². The molecular weight excluding hydrogens is 682 g/mol. The minimum Gasteiger partial charge on any atom is -0.508 e. The van der Waals surface area contributed by atoms with E-state index in [1.807, 2.05) is 0 Å². The predicted molar refractivity (Wildman–Crippen MR) is 185 cm³/mol. The van der Waals surface area contributed by atoms with Gasteiger partial charge in [0.25, 0.3) is 0 Å². The topological polar surface area (TPSA) is 328 Å². The molecule has 0 unspecified atom stereocenters. The number of phenolic OH excluding ortho intramolecular Hbond substituents is 1. The summed E-state index contributed by atoms with van der Waals surface area (Å²) in [5.74, 6) is -7.50. The summed E-state index contributed by atoms with van der Waals surface area (Å²) < 4.78 is 0. The summed E-state index contributed by atoms with van der Waals surface area (Å²) in [5.41, 5.74) is 11.7. The first-order valence-electron chi connectivity index (χ1n) is 16.1. The van der Waals surface area contributed by atoms with Gasteiger partial charge < -0.3 is 58.7 Å². The first kappa shape index (κ1) is 41.9. The number of phenols is 1. The van der Waals surface area contributed by atoms with Crippen molar-refractivity contribution in [2.24, 2.45) is 11.5 Å². The van der Waals surface area contributed by atoms with Crippen molar-refractivity contribution in [3.8, 4) is 5.75 Å². The number of carbonyl (C=O) groups is 7. The molecule has 0 aromatic heterocycles. The number of carboxylic acids is 2. The molecule has 0 radical (unpaired) electrons. The summed E-state index contributed by atoms with van der Waals surface area (Å²) in [6.07, 6.45) is -0.824. The fourth-order valence-electron chi connectivity index (χ4n) is 4.78.